The zero-order valence-electron chi connectivity index (χ0n) is 11.3. The number of nitro groups is 1. The van der Waals surface area contributed by atoms with Crippen molar-refractivity contribution >= 4 is 22.7 Å². The number of hydrogen-bond acceptors (Lipinski definition) is 6. The molecule has 0 amide bonds. The number of thiazole rings is 1. The first-order chi connectivity index (χ1) is 9.63. The number of aromatic nitrogens is 1. The maximum Gasteiger partial charge on any atom is 0.271 e. The van der Waals surface area contributed by atoms with Gasteiger partial charge in [0, 0.05) is 23.2 Å². The van der Waals surface area contributed by atoms with Crippen molar-refractivity contribution in [2.45, 2.75) is 19.9 Å². The number of nitrogens with zero attached hydrogens (tertiary/aromatic N) is 2. The molecule has 1 aromatic carbocycles. The van der Waals surface area contributed by atoms with Gasteiger partial charge in [0.15, 0.2) is 0 Å². The summed E-state index contributed by atoms with van der Waals surface area (Å²) in [7, 11) is 1.54. The summed E-state index contributed by atoms with van der Waals surface area (Å²) in [5.41, 5.74) is 0.639. The molecule has 0 aliphatic heterocycles. The Morgan fingerprint density at radius 2 is 2.30 bits per heavy atom. The van der Waals surface area contributed by atoms with E-state index in [0.29, 0.717) is 18.0 Å². The lowest BCUT2D eigenvalue weighted by Crippen LogP contribution is -2.01. The zero-order chi connectivity index (χ0) is 14.5. The first kappa shape index (κ1) is 14.3. The Balaban J connectivity index is 2.14. The highest BCUT2D eigenvalue weighted by molar-refractivity contribution is 7.11. The number of anilines is 1. The molecule has 1 N–H and O–H groups in total. The fourth-order valence-corrected chi connectivity index (χ4v) is 2.53. The quantitative estimate of drug-likeness (QED) is 0.653. The Morgan fingerprint density at radius 3 is 2.90 bits per heavy atom. The van der Waals surface area contributed by atoms with Crippen molar-refractivity contribution in [3.8, 4) is 5.75 Å². The largest absolute Gasteiger partial charge is 0.495 e. The Bertz CT molecular complexity index is 613. The lowest BCUT2D eigenvalue weighted by molar-refractivity contribution is -0.384. The van der Waals surface area contributed by atoms with Gasteiger partial charge >= 0.3 is 0 Å². The zero-order valence-corrected chi connectivity index (χ0v) is 12.1. The fraction of sp³-hybridized carbons (Fsp3) is 0.308. The van der Waals surface area contributed by atoms with Gasteiger partial charge in [-0.1, -0.05) is 6.92 Å². The van der Waals surface area contributed by atoms with Gasteiger partial charge in [-0.25, -0.2) is 4.98 Å². The van der Waals surface area contributed by atoms with Crippen molar-refractivity contribution in [1.29, 1.82) is 0 Å². The molecule has 7 heteroatoms. The van der Waals surface area contributed by atoms with Crippen molar-refractivity contribution in [2.24, 2.45) is 0 Å². The molecule has 1 heterocycles. The van der Waals surface area contributed by atoms with Gasteiger partial charge in [0.05, 0.1) is 29.3 Å². The second kappa shape index (κ2) is 6.33. The van der Waals surface area contributed by atoms with Gasteiger partial charge in [-0.05, 0) is 12.5 Å². The summed E-state index contributed by atoms with van der Waals surface area (Å²) in [6.45, 7) is 2.62. The van der Waals surface area contributed by atoms with Crippen molar-refractivity contribution in [1.82, 2.24) is 4.98 Å². The minimum Gasteiger partial charge on any atom is -0.495 e. The highest BCUT2D eigenvalue weighted by Crippen LogP contribution is 2.29. The van der Waals surface area contributed by atoms with Crippen LogP contribution in [-0.4, -0.2) is 17.0 Å². The van der Waals surface area contributed by atoms with Gasteiger partial charge in [0.25, 0.3) is 5.69 Å². The van der Waals surface area contributed by atoms with Crippen LogP contribution in [0.3, 0.4) is 0 Å². The summed E-state index contributed by atoms with van der Waals surface area (Å²) >= 11 is 1.63. The third kappa shape index (κ3) is 3.24. The molecule has 0 fully saturated rings. The summed E-state index contributed by atoms with van der Waals surface area (Å²) in [5, 5.41) is 15.0. The second-order valence-corrected chi connectivity index (χ2v) is 5.27. The van der Waals surface area contributed by atoms with Crippen LogP contribution in [0.5, 0.6) is 5.75 Å². The smallest absolute Gasteiger partial charge is 0.271 e. The highest BCUT2D eigenvalue weighted by atomic mass is 32.1. The van der Waals surface area contributed by atoms with Crippen molar-refractivity contribution in [3.05, 3.63) is 44.4 Å². The van der Waals surface area contributed by atoms with E-state index >= 15 is 0 Å². The number of nitrogens with one attached hydrogen (secondary N) is 1. The maximum absolute atomic E-state index is 10.8. The molecule has 2 aromatic rings. The van der Waals surface area contributed by atoms with Crippen LogP contribution in [0.4, 0.5) is 11.4 Å². The molecule has 0 aliphatic rings. The van der Waals surface area contributed by atoms with Gasteiger partial charge in [-0.3, -0.25) is 10.1 Å². The summed E-state index contributed by atoms with van der Waals surface area (Å²) in [6, 6.07) is 4.48. The summed E-state index contributed by atoms with van der Waals surface area (Å²) in [6.07, 6.45) is 2.73. The lowest BCUT2D eigenvalue weighted by Gasteiger charge is -2.09. The average Bonchev–Trinajstić information content (AvgIpc) is 2.92. The normalized spacial score (nSPS) is 10.3. The molecule has 0 saturated carbocycles. The molecule has 0 bridgehead atoms. The van der Waals surface area contributed by atoms with Crippen LogP contribution in [0.2, 0.25) is 0 Å². The third-order valence-corrected chi connectivity index (χ3v) is 3.89. The molecule has 106 valence electrons. The van der Waals surface area contributed by atoms with Crippen LogP contribution in [0.25, 0.3) is 0 Å². The molecule has 6 nitrogen and oxygen atoms in total. The van der Waals surface area contributed by atoms with Crippen molar-refractivity contribution in [3.63, 3.8) is 0 Å². The van der Waals surface area contributed by atoms with Crippen molar-refractivity contribution < 1.29 is 9.66 Å². The van der Waals surface area contributed by atoms with E-state index in [0.717, 1.165) is 16.3 Å². The van der Waals surface area contributed by atoms with Crippen LogP contribution < -0.4 is 10.1 Å². The van der Waals surface area contributed by atoms with Gasteiger partial charge in [0.1, 0.15) is 5.75 Å². The SMILES string of the molecule is CCc1ncc(CNc2cc([N+](=O)[O-])ccc2OC)s1. The van der Waals surface area contributed by atoms with Crippen LogP contribution in [0, 0.1) is 10.1 Å². The first-order valence-corrected chi connectivity index (χ1v) is 6.95. The standard InChI is InChI=1S/C13H15N3O3S/c1-3-13-15-8-10(20-13)7-14-11-6-9(16(17)18)4-5-12(11)19-2/h4-6,8,14H,3,7H2,1-2H3. The molecule has 0 unspecified atom stereocenters. The number of benzene rings is 1. The monoisotopic (exact) mass is 293 g/mol. The highest BCUT2D eigenvalue weighted by Gasteiger charge is 2.11. The van der Waals surface area contributed by atoms with Gasteiger partial charge < -0.3 is 10.1 Å². The van der Waals surface area contributed by atoms with Crippen LogP contribution >= 0.6 is 11.3 Å². The number of non-ortho nitro benzene ring substituents is 1. The van der Waals surface area contributed by atoms with Crippen molar-refractivity contribution in [2.75, 3.05) is 12.4 Å². The molecule has 0 spiro atoms. The predicted octanol–water partition coefficient (Wildman–Crippen LogP) is 3.23. The van der Waals surface area contributed by atoms with E-state index in [1.807, 2.05) is 6.20 Å². The molecule has 1 aromatic heterocycles. The predicted molar refractivity (Wildman–Crippen MR) is 78.5 cm³/mol. The Labute approximate surface area is 120 Å². The van der Waals surface area contributed by atoms with Gasteiger partial charge in [-0.15, -0.1) is 11.3 Å². The Kier molecular flexibility index (Phi) is 4.52. The van der Waals surface area contributed by atoms with E-state index in [-0.39, 0.29) is 5.69 Å². The number of aryl methyl sites for hydroxylation is 1. The molecule has 0 aliphatic carbocycles. The summed E-state index contributed by atoms with van der Waals surface area (Å²) in [5.74, 6) is 0.579. The van der Waals surface area contributed by atoms with Gasteiger partial charge in [-0.2, -0.15) is 0 Å². The minimum absolute atomic E-state index is 0.0341. The average molecular weight is 293 g/mol. The maximum atomic E-state index is 10.8. The number of methoxy groups -OCH3 is 1. The third-order valence-electron chi connectivity index (χ3n) is 2.75. The van der Waals surface area contributed by atoms with Crippen LogP contribution in [0.15, 0.2) is 24.4 Å². The summed E-state index contributed by atoms with van der Waals surface area (Å²) < 4.78 is 5.20. The molecule has 0 radical (unpaired) electrons. The minimum atomic E-state index is -0.424. The summed E-state index contributed by atoms with van der Waals surface area (Å²) in [4.78, 5) is 15.7. The lowest BCUT2D eigenvalue weighted by atomic mass is 10.2. The van der Waals surface area contributed by atoms with E-state index in [1.165, 1.54) is 19.2 Å². The van der Waals surface area contributed by atoms with Crippen LogP contribution in [0.1, 0.15) is 16.8 Å². The van der Waals surface area contributed by atoms with E-state index < -0.39 is 4.92 Å². The number of ether oxygens (including phenoxy) is 1. The van der Waals surface area contributed by atoms with E-state index in [2.05, 4.69) is 17.2 Å². The number of hydrogen-bond donors (Lipinski definition) is 1. The van der Waals surface area contributed by atoms with Crippen LogP contribution in [-0.2, 0) is 13.0 Å². The molecular formula is C13H15N3O3S. The topological polar surface area (TPSA) is 77.3 Å². The second-order valence-electron chi connectivity index (χ2n) is 4.07. The molecule has 0 saturated heterocycles. The first-order valence-electron chi connectivity index (χ1n) is 6.14. The molecule has 2 rings (SSSR count). The number of nitro benzene ring substituents is 1. The molecule has 20 heavy (non-hydrogen) atoms. The fourth-order valence-electron chi connectivity index (χ4n) is 1.72. The van der Waals surface area contributed by atoms with E-state index in [4.69, 9.17) is 4.74 Å². The molecular weight excluding hydrogens is 278 g/mol. The molecule has 0 atom stereocenters. The van der Waals surface area contributed by atoms with E-state index in [9.17, 15) is 10.1 Å². The van der Waals surface area contributed by atoms with Gasteiger partial charge in [0.2, 0.25) is 0 Å². The Morgan fingerprint density at radius 1 is 1.50 bits per heavy atom. The van der Waals surface area contributed by atoms with E-state index in [1.54, 1.807) is 17.4 Å². The Hall–Kier alpha value is -2.15. The number of rotatable bonds is 6.